The Morgan fingerprint density at radius 2 is 1.65 bits per heavy atom. The smallest absolute Gasteiger partial charge is 0.265 e. The van der Waals surface area contributed by atoms with Crippen molar-refractivity contribution in [3.8, 4) is 0 Å². The van der Waals surface area contributed by atoms with Gasteiger partial charge in [0, 0.05) is 5.56 Å². The molecule has 1 atom stereocenters. The molecule has 0 heterocycles. The first kappa shape index (κ1) is 16.4. The fourth-order valence-electron chi connectivity index (χ4n) is 1.81. The van der Waals surface area contributed by atoms with Gasteiger partial charge in [0.05, 0.1) is 12.8 Å². The minimum absolute atomic E-state index is 0.409. The monoisotopic (exact) mass is 311 g/mol. The number of hydrazone groups is 1. The zero-order chi connectivity index (χ0) is 16.5. The number of carbonyl (C=O) groups is 2. The Bertz CT molecular complexity index is 672. The summed E-state index contributed by atoms with van der Waals surface area (Å²) in [5.74, 6) is -1.03. The second-order valence-electron chi connectivity index (χ2n) is 4.72. The largest absolute Gasteiger partial charge is 0.394 e. The first-order chi connectivity index (χ1) is 11.2. The van der Waals surface area contributed by atoms with Crippen LogP contribution in [0.1, 0.15) is 15.9 Å². The summed E-state index contributed by atoms with van der Waals surface area (Å²) in [6.07, 6.45) is 1.48. The van der Waals surface area contributed by atoms with Crippen LogP contribution in [-0.2, 0) is 4.79 Å². The molecule has 0 saturated heterocycles. The molecule has 6 heteroatoms. The van der Waals surface area contributed by atoms with Gasteiger partial charge in [0.2, 0.25) is 0 Å². The third-order valence-corrected chi connectivity index (χ3v) is 3.03. The van der Waals surface area contributed by atoms with Crippen molar-refractivity contribution >= 4 is 18.0 Å². The van der Waals surface area contributed by atoms with Gasteiger partial charge >= 0.3 is 0 Å². The summed E-state index contributed by atoms with van der Waals surface area (Å²) >= 11 is 0. The molecule has 3 N–H and O–H groups in total. The lowest BCUT2D eigenvalue weighted by Crippen LogP contribution is -2.47. The van der Waals surface area contributed by atoms with Gasteiger partial charge in [-0.05, 0) is 17.7 Å². The van der Waals surface area contributed by atoms with Gasteiger partial charge in [0.25, 0.3) is 11.8 Å². The molecule has 0 aromatic heterocycles. The van der Waals surface area contributed by atoms with E-state index in [0.717, 1.165) is 5.56 Å². The molecule has 6 nitrogen and oxygen atoms in total. The number of rotatable bonds is 6. The van der Waals surface area contributed by atoms with E-state index >= 15 is 0 Å². The standard InChI is InChI=1S/C17H17N3O3/c21-12-15(19-16(22)14-9-5-2-6-10-14)17(23)20-18-11-13-7-3-1-4-8-13/h1-11,15,21H,12H2,(H,19,22)(H,20,23)/t15-/m0/s1. The van der Waals surface area contributed by atoms with Crippen LogP contribution in [-0.4, -0.2) is 35.8 Å². The van der Waals surface area contributed by atoms with Crippen molar-refractivity contribution in [1.82, 2.24) is 10.7 Å². The number of aliphatic hydroxyl groups is 1. The summed E-state index contributed by atoms with van der Waals surface area (Å²) in [7, 11) is 0. The fourth-order valence-corrected chi connectivity index (χ4v) is 1.81. The summed E-state index contributed by atoms with van der Waals surface area (Å²) < 4.78 is 0. The zero-order valence-electron chi connectivity index (χ0n) is 12.3. The highest BCUT2D eigenvalue weighted by atomic mass is 16.3. The van der Waals surface area contributed by atoms with E-state index in [2.05, 4.69) is 15.8 Å². The number of nitrogens with zero attached hydrogens (tertiary/aromatic N) is 1. The molecule has 118 valence electrons. The number of hydrogen-bond acceptors (Lipinski definition) is 4. The van der Waals surface area contributed by atoms with Gasteiger partial charge in [-0.25, -0.2) is 5.43 Å². The van der Waals surface area contributed by atoms with Gasteiger partial charge < -0.3 is 10.4 Å². The molecule has 2 amide bonds. The highest BCUT2D eigenvalue weighted by Crippen LogP contribution is 1.99. The van der Waals surface area contributed by atoms with Crippen LogP contribution in [0.15, 0.2) is 65.8 Å². The normalized spacial score (nSPS) is 11.9. The third kappa shape index (κ3) is 5.05. The number of aliphatic hydroxyl groups excluding tert-OH is 1. The first-order valence-electron chi connectivity index (χ1n) is 7.05. The Labute approximate surface area is 133 Å². The van der Waals surface area contributed by atoms with Crippen molar-refractivity contribution in [3.63, 3.8) is 0 Å². The lowest BCUT2D eigenvalue weighted by molar-refractivity contribution is -0.123. The second-order valence-corrected chi connectivity index (χ2v) is 4.72. The van der Waals surface area contributed by atoms with E-state index in [1.807, 2.05) is 30.3 Å². The molecule has 0 radical (unpaired) electrons. The van der Waals surface area contributed by atoms with Crippen molar-refractivity contribution < 1.29 is 14.7 Å². The van der Waals surface area contributed by atoms with Crippen LogP contribution in [0.5, 0.6) is 0 Å². The first-order valence-corrected chi connectivity index (χ1v) is 7.05. The predicted octanol–water partition coefficient (Wildman–Crippen LogP) is 0.928. The topological polar surface area (TPSA) is 90.8 Å². The second kappa shape index (κ2) is 8.45. The molecule has 2 aromatic carbocycles. The average molecular weight is 311 g/mol. The molecule has 0 unspecified atom stereocenters. The quantitative estimate of drug-likeness (QED) is 0.547. The van der Waals surface area contributed by atoms with Gasteiger partial charge in [-0.1, -0.05) is 48.5 Å². The lowest BCUT2D eigenvalue weighted by atomic mass is 10.2. The Hall–Kier alpha value is -2.99. The van der Waals surface area contributed by atoms with E-state index in [9.17, 15) is 14.7 Å². The maximum Gasteiger partial charge on any atom is 0.265 e. The molecular formula is C17H17N3O3. The third-order valence-electron chi connectivity index (χ3n) is 3.03. The summed E-state index contributed by atoms with van der Waals surface area (Å²) in [6.45, 7) is -0.523. The van der Waals surface area contributed by atoms with Gasteiger partial charge in [-0.15, -0.1) is 0 Å². The SMILES string of the molecule is O=C(N[C@@H](CO)C(=O)NN=Cc1ccccc1)c1ccccc1. The lowest BCUT2D eigenvalue weighted by Gasteiger charge is -2.14. The van der Waals surface area contributed by atoms with Crippen molar-refractivity contribution in [2.24, 2.45) is 5.10 Å². The van der Waals surface area contributed by atoms with Crippen LogP contribution in [0.3, 0.4) is 0 Å². The molecule has 0 aliphatic carbocycles. The van der Waals surface area contributed by atoms with Gasteiger partial charge in [0.1, 0.15) is 6.04 Å². The number of benzene rings is 2. The summed E-state index contributed by atoms with van der Waals surface area (Å²) in [5.41, 5.74) is 3.52. The summed E-state index contributed by atoms with van der Waals surface area (Å²) in [6, 6.07) is 16.6. The van der Waals surface area contributed by atoms with Crippen LogP contribution in [0.4, 0.5) is 0 Å². The van der Waals surface area contributed by atoms with Gasteiger partial charge in [-0.3, -0.25) is 9.59 Å². The molecule has 0 saturated carbocycles. The molecule has 0 bridgehead atoms. The van der Waals surface area contributed by atoms with Crippen molar-refractivity contribution in [3.05, 3.63) is 71.8 Å². The molecule has 0 aliphatic heterocycles. The van der Waals surface area contributed by atoms with E-state index in [1.165, 1.54) is 6.21 Å². The van der Waals surface area contributed by atoms with Crippen molar-refractivity contribution in [1.29, 1.82) is 0 Å². The Morgan fingerprint density at radius 1 is 1.04 bits per heavy atom. The zero-order valence-corrected chi connectivity index (χ0v) is 12.3. The van der Waals surface area contributed by atoms with Gasteiger partial charge in [0.15, 0.2) is 0 Å². The Morgan fingerprint density at radius 3 is 2.26 bits per heavy atom. The predicted molar refractivity (Wildman–Crippen MR) is 87.0 cm³/mol. The maximum atomic E-state index is 12.0. The fraction of sp³-hybridized carbons (Fsp3) is 0.118. The molecule has 2 aromatic rings. The van der Waals surface area contributed by atoms with Crippen LogP contribution >= 0.6 is 0 Å². The van der Waals surface area contributed by atoms with E-state index in [1.54, 1.807) is 30.3 Å². The van der Waals surface area contributed by atoms with Gasteiger partial charge in [-0.2, -0.15) is 5.10 Å². The molecule has 2 rings (SSSR count). The molecule has 23 heavy (non-hydrogen) atoms. The molecule has 0 spiro atoms. The van der Waals surface area contributed by atoms with Crippen LogP contribution in [0.2, 0.25) is 0 Å². The minimum atomic E-state index is -1.07. The number of amides is 2. The maximum absolute atomic E-state index is 12.0. The van der Waals surface area contributed by atoms with Crippen molar-refractivity contribution in [2.75, 3.05) is 6.61 Å². The number of carbonyl (C=O) groups excluding carboxylic acids is 2. The van der Waals surface area contributed by atoms with E-state index in [-0.39, 0.29) is 0 Å². The number of hydrogen-bond donors (Lipinski definition) is 3. The highest BCUT2D eigenvalue weighted by molar-refractivity contribution is 5.97. The average Bonchev–Trinajstić information content (AvgIpc) is 2.61. The minimum Gasteiger partial charge on any atom is -0.394 e. The van der Waals surface area contributed by atoms with E-state index in [4.69, 9.17) is 0 Å². The Kier molecular flexibility index (Phi) is 6.02. The molecule has 0 fully saturated rings. The Balaban J connectivity index is 1.91. The van der Waals surface area contributed by atoms with E-state index < -0.39 is 24.5 Å². The highest BCUT2D eigenvalue weighted by Gasteiger charge is 2.20. The molecular weight excluding hydrogens is 294 g/mol. The summed E-state index contributed by atoms with van der Waals surface area (Å²) in [5, 5.41) is 15.5. The van der Waals surface area contributed by atoms with Crippen LogP contribution in [0.25, 0.3) is 0 Å². The van der Waals surface area contributed by atoms with Crippen LogP contribution < -0.4 is 10.7 Å². The molecule has 0 aliphatic rings. The van der Waals surface area contributed by atoms with E-state index in [0.29, 0.717) is 5.56 Å². The summed E-state index contributed by atoms with van der Waals surface area (Å²) in [4.78, 5) is 23.9. The number of nitrogens with one attached hydrogen (secondary N) is 2. The van der Waals surface area contributed by atoms with Crippen LogP contribution in [0, 0.1) is 0 Å². The van der Waals surface area contributed by atoms with Crippen molar-refractivity contribution in [2.45, 2.75) is 6.04 Å².